The Kier molecular flexibility index (Phi) is 5.87. The molecule has 3 N–H and O–H groups in total. The van der Waals surface area contributed by atoms with Gasteiger partial charge >= 0.3 is 0 Å². The summed E-state index contributed by atoms with van der Waals surface area (Å²) in [6.07, 6.45) is 3.24. The largest absolute Gasteiger partial charge is 0.354 e. The number of hydrogen-bond acceptors (Lipinski definition) is 4. The molecule has 1 unspecified atom stereocenters. The van der Waals surface area contributed by atoms with Crippen LogP contribution in [0.15, 0.2) is 35.3 Å². The summed E-state index contributed by atoms with van der Waals surface area (Å²) in [7, 11) is 0. The van der Waals surface area contributed by atoms with Crippen LogP contribution in [-0.4, -0.2) is 43.1 Å². The Morgan fingerprint density at radius 3 is 2.75 bits per heavy atom. The van der Waals surface area contributed by atoms with Crippen LogP contribution in [0.1, 0.15) is 25.3 Å². The normalized spacial score (nSPS) is 15.6. The van der Waals surface area contributed by atoms with E-state index in [1.807, 2.05) is 0 Å². The average molecular weight is 274 g/mol. The average Bonchev–Trinajstić information content (AvgIpc) is 2.98. The standard InChI is InChI=1S/C16H26N4/c1-14(13-15-7-3-2-4-8-15)20(12-6-5-9-17)16-18-10-11-19-16/h2-4,7-8,14H,5-6,9-13,17H2,1H3,(H,18,19). The van der Waals surface area contributed by atoms with E-state index in [0.717, 1.165) is 51.4 Å². The Labute approximate surface area is 122 Å². The zero-order valence-corrected chi connectivity index (χ0v) is 12.4. The molecule has 0 radical (unpaired) electrons. The summed E-state index contributed by atoms with van der Waals surface area (Å²) < 4.78 is 0. The topological polar surface area (TPSA) is 53.6 Å². The van der Waals surface area contributed by atoms with Crippen molar-refractivity contribution in [2.45, 2.75) is 32.2 Å². The molecule has 1 aliphatic heterocycles. The van der Waals surface area contributed by atoms with E-state index >= 15 is 0 Å². The van der Waals surface area contributed by atoms with Crippen LogP contribution in [0, 0.1) is 0 Å². The van der Waals surface area contributed by atoms with Crippen LogP contribution in [0.2, 0.25) is 0 Å². The van der Waals surface area contributed by atoms with Crippen LogP contribution in [0.5, 0.6) is 0 Å². The summed E-state index contributed by atoms with van der Waals surface area (Å²) in [6, 6.07) is 11.1. The first-order chi connectivity index (χ1) is 9.81. The molecule has 0 amide bonds. The van der Waals surface area contributed by atoms with E-state index < -0.39 is 0 Å². The summed E-state index contributed by atoms with van der Waals surface area (Å²) >= 11 is 0. The molecule has 4 nitrogen and oxygen atoms in total. The molecule has 0 spiro atoms. The number of guanidine groups is 1. The first kappa shape index (κ1) is 14.9. The fourth-order valence-corrected chi connectivity index (χ4v) is 2.60. The zero-order chi connectivity index (χ0) is 14.2. The van der Waals surface area contributed by atoms with Crippen molar-refractivity contribution in [3.05, 3.63) is 35.9 Å². The van der Waals surface area contributed by atoms with Crippen molar-refractivity contribution in [1.82, 2.24) is 10.2 Å². The number of nitrogens with two attached hydrogens (primary N) is 1. The van der Waals surface area contributed by atoms with Crippen LogP contribution < -0.4 is 11.1 Å². The summed E-state index contributed by atoms with van der Waals surface area (Å²) in [5.41, 5.74) is 6.98. The second-order valence-electron chi connectivity index (χ2n) is 5.36. The van der Waals surface area contributed by atoms with Gasteiger partial charge in [-0.2, -0.15) is 0 Å². The molecule has 1 atom stereocenters. The van der Waals surface area contributed by atoms with Gasteiger partial charge in [0, 0.05) is 19.1 Å². The third kappa shape index (κ3) is 4.23. The molecule has 4 heteroatoms. The van der Waals surface area contributed by atoms with Crippen molar-refractivity contribution in [3.63, 3.8) is 0 Å². The number of nitrogens with one attached hydrogen (secondary N) is 1. The van der Waals surface area contributed by atoms with Gasteiger partial charge in [-0.3, -0.25) is 4.99 Å². The second kappa shape index (κ2) is 7.90. The molecule has 1 aromatic carbocycles. The Bertz CT molecular complexity index is 416. The molecule has 0 saturated heterocycles. The lowest BCUT2D eigenvalue weighted by molar-refractivity contribution is 0.313. The van der Waals surface area contributed by atoms with Gasteiger partial charge in [0.1, 0.15) is 0 Å². The minimum Gasteiger partial charge on any atom is -0.354 e. The Hall–Kier alpha value is -1.55. The highest BCUT2D eigenvalue weighted by Gasteiger charge is 2.20. The molecule has 0 saturated carbocycles. The molecule has 1 aliphatic rings. The van der Waals surface area contributed by atoms with Crippen LogP contribution >= 0.6 is 0 Å². The molecular weight excluding hydrogens is 248 g/mol. The van der Waals surface area contributed by atoms with Gasteiger partial charge in [-0.1, -0.05) is 30.3 Å². The maximum atomic E-state index is 5.60. The number of unbranched alkanes of at least 4 members (excludes halogenated alkanes) is 1. The maximum absolute atomic E-state index is 5.60. The molecule has 1 aromatic rings. The van der Waals surface area contributed by atoms with Crippen LogP contribution in [0.3, 0.4) is 0 Å². The van der Waals surface area contributed by atoms with Crippen molar-refractivity contribution < 1.29 is 0 Å². The predicted octanol–water partition coefficient (Wildman–Crippen LogP) is 1.62. The Morgan fingerprint density at radius 1 is 1.30 bits per heavy atom. The van der Waals surface area contributed by atoms with E-state index in [2.05, 4.69) is 52.5 Å². The SMILES string of the molecule is CC(Cc1ccccc1)N(CCCCN)C1=NCCN1. The van der Waals surface area contributed by atoms with Gasteiger partial charge < -0.3 is 16.0 Å². The minimum atomic E-state index is 0.444. The van der Waals surface area contributed by atoms with E-state index in [1.54, 1.807) is 0 Å². The smallest absolute Gasteiger partial charge is 0.194 e. The summed E-state index contributed by atoms with van der Waals surface area (Å²) in [5, 5.41) is 3.39. The van der Waals surface area contributed by atoms with Crippen molar-refractivity contribution in [2.75, 3.05) is 26.2 Å². The molecule has 0 bridgehead atoms. The van der Waals surface area contributed by atoms with Crippen molar-refractivity contribution in [3.8, 4) is 0 Å². The van der Waals surface area contributed by atoms with Crippen molar-refractivity contribution >= 4 is 5.96 Å². The summed E-state index contributed by atoms with van der Waals surface area (Å²) in [4.78, 5) is 6.98. The third-order valence-electron chi connectivity index (χ3n) is 3.69. The van der Waals surface area contributed by atoms with Gasteiger partial charge in [0.15, 0.2) is 5.96 Å². The highest BCUT2D eigenvalue weighted by Crippen LogP contribution is 2.11. The van der Waals surface area contributed by atoms with Crippen LogP contribution in [0.25, 0.3) is 0 Å². The number of hydrogen-bond donors (Lipinski definition) is 2. The molecule has 0 aliphatic carbocycles. The lowest BCUT2D eigenvalue weighted by atomic mass is 10.1. The number of nitrogens with zero attached hydrogens (tertiary/aromatic N) is 2. The number of benzene rings is 1. The molecular formula is C16H26N4. The monoisotopic (exact) mass is 274 g/mol. The predicted molar refractivity (Wildman–Crippen MR) is 84.9 cm³/mol. The Morgan fingerprint density at radius 2 is 2.10 bits per heavy atom. The summed E-state index contributed by atoms with van der Waals surface area (Å²) in [6.45, 7) is 5.91. The zero-order valence-electron chi connectivity index (χ0n) is 12.4. The molecule has 0 aromatic heterocycles. The highest BCUT2D eigenvalue weighted by molar-refractivity contribution is 5.81. The molecule has 20 heavy (non-hydrogen) atoms. The van der Waals surface area contributed by atoms with E-state index in [4.69, 9.17) is 5.73 Å². The third-order valence-corrected chi connectivity index (χ3v) is 3.69. The first-order valence-corrected chi connectivity index (χ1v) is 7.60. The minimum absolute atomic E-state index is 0.444. The molecule has 1 heterocycles. The van der Waals surface area contributed by atoms with Gasteiger partial charge in [-0.05, 0) is 38.3 Å². The van der Waals surface area contributed by atoms with Crippen LogP contribution in [0.4, 0.5) is 0 Å². The van der Waals surface area contributed by atoms with Gasteiger partial charge in [0.2, 0.25) is 0 Å². The van der Waals surface area contributed by atoms with Gasteiger partial charge in [-0.25, -0.2) is 0 Å². The second-order valence-corrected chi connectivity index (χ2v) is 5.36. The van der Waals surface area contributed by atoms with E-state index in [-0.39, 0.29) is 0 Å². The number of aliphatic imine (C=N–C) groups is 1. The van der Waals surface area contributed by atoms with E-state index in [9.17, 15) is 0 Å². The lowest BCUT2D eigenvalue weighted by Gasteiger charge is -2.31. The fraction of sp³-hybridized carbons (Fsp3) is 0.562. The van der Waals surface area contributed by atoms with Gasteiger partial charge in [0.25, 0.3) is 0 Å². The summed E-state index contributed by atoms with van der Waals surface area (Å²) in [5.74, 6) is 1.06. The number of rotatable bonds is 7. The van der Waals surface area contributed by atoms with Crippen molar-refractivity contribution in [2.24, 2.45) is 10.7 Å². The lowest BCUT2D eigenvalue weighted by Crippen LogP contribution is -2.45. The maximum Gasteiger partial charge on any atom is 0.194 e. The molecule has 2 rings (SSSR count). The quantitative estimate of drug-likeness (QED) is 0.743. The van der Waals surface area contributed by atoms with Crippen LogP contribution in [-0.2, 0) is 6.42 Å². The highest BCUT2D eigenvalue weighted by atomic mass is 15.3. The van der Waals surface area contributed by atoms with Crippen molar-refractivity contribution in [1.29, 1.82) is 0 Å². The van der Waals surface area contributed by atoms with Gasteiger partial charge in [-0.15, -0.1) is 0 Å². The van der Waals surface area contributed by atoms with E-state index in [1.165, 1.54) is 5.56 Å². The Balaban J connectivity index is 1.97. The van der Waals surface area contributed by atoms with Gasteiger partial charge in [0.05, 0.1) is 6.54 Å². The fourth-order valence-electron chi connectivity index (χ4n) is 2.60. The molecule has 0 fully saturated rings. The first-order valence-electron chi connectivity index (χ1n) is 7.60. The molecule has 110 valence electrons. The van der Waals surface area contributed by atoms with E-state index in [0.29, 0.717) is 6.04 Å².